The van der Waals surface area contributed by atoms with Crippen LogP contribution >= 0.6 is 11.3 Å². The van der Waals surface area contributed by atoms with Crippen molar-refractivity contribution in [2.75, 3.05) is 0 Å². The smallest absolute Gasteiger partial charge is 0.252 e. The molecule has 0 saturated heterocycles. The lowest BCUT2D eigenvalue weighted by Gasteiger charge is -2.13. The van der Waals surface area contributed by atoms with E-state index in [0.29, 0.717) is 11.2 Å². The summed E-state index contributed by atoms with van der Waals surface area (Å²) in [6.45, 7) is 6.67. The molecule has 0 aliphatic rings. The van der Waals surface area contributed by atoms with E-state index in [1.54, 1.807) is 16.0 Å². The van der Waals surface area contributed by atoms with Gasteiger partial charge in [0.15, 0.2) is 5.65 Å². The first-order chi connectivity index (χ1) is 13.5. The van der Waals surface area contributed by atoms with Crippen molar-refractivity contribution >= 4 is 28.3 Å². The van der Waals surface area contributed by atoms with E-state index in [0.717, 1.165) is 33.9 Å². The van der Waals surface area contributed by atoms with Gasteiger partial charge in [-0.2, -0.15) is 10.2 Å². The number of amides is 1. The maximum Gasteiger partial charge on any atom is 0.252 e. The average molecular weight is 395 g/mol. The molecule has 0 unspecified atom stereocenters. The summed E-state index contributed by atoms with van der Waals surface area (Å²) in [7, 11) is 1.85. The summed E-state index contributed by atoms with van der Waals surface area (Å²) in [5.74, 6) is -0.153. The lowest BCUT2D eigenvalue weighted by Crippen LogP contribution is -2.27. The van der Waals surface area contributed by atoms with E-state index < -0.39 is 0 Å². The number of carbonyl (C=O) groups excluding carboxylic acids is 1. The zero-order valence-electron chi connectivity index (χ0n) is 16.3. The highest BCUT2D eigenvalue weighted by molar-refractivity contribution is 7.13. The zero-order valence-corrected chi connectivity index (χ0v) is 17.1. The van der Waals surface area contributed by atoms with Crippen LogP contribution in [-0.4, -0.2) is 30.5 Å². The van der Waals surface area contributed by atoms with Gasteiger partial charge in [0.1, 0.15) is 0 Å². The van der Waals surface area contributed by atoms with Crippen LogP contribution < -0.4 is 5.32 Å². The first-order valence-electron chi connectivity index (χ1n) is 9.20. The number of hydrogen-bond acceptors (Lipinski definition) is 5. The summed E-state index contributed by atoms with van der Waals surface area (Å²) in [5, 5.41) is 14.8. The Bertz CT molecular complexity index is 1140. The maximum atomic E-state index is 13.2. The van der Waals surface area contributed by atoms with Gasteiger partial charge in [-0.25, -0.2) is 4.98 Å². The standard InChI is InChI=1S/C20H22N6OS/c1-5-26-9-8-15(24-26)12(2)21-20(27)14-11-16(17-7-6-10-28-17)22-19-18(14)13(3)23-25(19)4/h6-12H,5H2,1-4H3,(H,21,27)/t12-/m1/s1. The van der Waals surface area contributed by atoms with Gasteiger partial charge in [-0.1, -0.05) is 6.07 Å². The van der Waals surface area contributed by atoms with E-state index in [4.69, 9.17) is 4.98 Å². The number of aromatic nitrogens is 5. The lowest BCUT2D eigenvalue weighted by molar-refractivity contribution is 0.0940. The van der Waals surface area contributed by atoms with Crippen LogP contribution in [0, 0.1) is 6.92 Å². The van der Waals surface area contributed by atoms with Crippen LogP contribution in [0.1, 0.15) is 41.6 Å². The van der Waals surface area contributed by atoms with Gasteiger partial charge in [0.2, 0.25) is 0 Å². The molecule has 4 aromatic rings. The molecule has 0 fully saturated rings. The molecule has 0 aromatic carbocycles. The van der Waals surface area contributed by atoms with Gasteiger partial charge in [-0.15, -0.1) is 11.3 Å². The van der Waals surface area contributed by atoms with Crippen LogP contribution in [0.5, 0.6) is 0 Å². The van der Waals surface area contributed by atoms with Gasteiger partial charge in [0.05, 0.1) is 39.0 Å². The van der Waals surface area contributed by atoms with E-state index in [1.807, 2.05) is 68.3 Å². The summed E-state index contributed by atoms with van der Waals surface area (Å²) in [4.78, 5) is 19.0. The molecule has 1 N–H and O–H groups in total. The van der Waals surface area contributed by atoms with Gasteiger partial charge in [0.25, 0.3) is 5.91 Å². The maximum absolute atomic E-state index is 13.2. The van der Waals surface area contributed by atoms with Crippen LogP contribution in [0.25, 0.3) is 21.6 Å². The van der Waals surface area contributed by atoms with E-state index in [9.17, 15) is 4.79 Å². The Hall–Kier alpha value is -3.00. The molecule has 0 aliphatic heterocycles. The summed E-state index contributed by atoms with van der Waals surface area (Å²) < 4.78 is 3.58. The summed E-state index contributed by atoms with van der Waals surface area (Å²) in [5.41, 5.74) is 3.69. The Morgan fingerprint density at radius 1 is 1.32 bits per heavy atom. The van der Waals surface area contributed by atoms with Crippen molar-refractivity contribution in [3.63, 3.8) is 0 Å². The molecular formula is C20H22N6OS. The molecule has 4 aromatic heterocycles. The van der Waals surface area contributed by atoms with Crippen LogP contribution in [0.4, 0.5) is 0 Å². The third kappa shape index (κ3) is 3.20. The Morgan fingerprint density at radius 3 is 2.82 bits per heavy atom. The van der Waals surface area contributed by atoms with Crippen LogP contribution in [0.3, 0.4) is 0 Å². The quantitative estimate of drug-likeness (QED) is 0.560. The molecule has 7 nitrogen and oxygen atoms in total. The highest BCUT2D eigenvalue weighted by atomic mass is 32.1. The number of fused-ring (bicyclic) bond motifs is 1. The second-order valence-electron chi connectivity index (χ2n) is 6.73. The first-order valence-corrected chi connectivity index (χ1v) is 10.1. The predicted octanol–water partition coefficient (Wildman–Crippen LogP) is 3.71. The fraction of sp³-hybridized carbons (Fsp3) is 0.300. The molecule has 0 radical (unpaired) electrons. The van der Waals surface area contributed by atoms with Gasteiger partial charge < -0.3 is 5.32 Å². The summed E-state index contributed by atoms with van der Waals surface area (Å²) in [6, 6.07) is 7.57. The molecular weight excluding hydrogens is 372 g/mol. The monoisotopic (exact) mass is 394 g/mol. The van der Waals surface area contributed by atoms with Gasteiger partial charge >= 0.3 is 0 Å². The highest BCUT2D eigenvalue weighted by Crippen LogP contribution is 2.29. The fourth-order valence-electron chi connectivity index (χ4n) is 3.31. The minimum atomic E-state index is -0.203. The number of thiophene rings is 1. The van der Waals surface area contributed by atoms with Crippen molar-refractivity contribution in [3.8, 4) is 10.6 Å². The van der Waals surface area contributed by atoms with Crippen LogP contribution in [0.15, 0.2) is 35.8 Å². The minimum absolute atomic E-state index is 0.153. The molecule has 0 spiro atoms. The molecule has 28 heavy (non-hydrogen) atoms. The number of pyridine rings is 1. The normalized spacial score (nSPS) is 12.4. The largest absolute Gasteiger partial charge is 0.344 e. The molecule has 0 saturated carbocycles. The van der Waals surface area contributed by atoms with E-state index in [1.165, 1.54) is 0 Å². The summed E-state index contributed by atoms with van der Waals surface area (Å²) >= 11 is 1.60. The predicted molar refractivity (Wildman–Crippen MR) is 110 cm³/mol. The number of nitrogens with one attached hydrogen (secondary N) is 1. The van der Waals surface area contributed by atoms with Crippen molar-refractivity contribution in [2.24, 2.45) is 7.05 Å². The molecule has 8 heteroatoms. The molecule has 0 aliphatic carbocycles. The molecule has 4 heterocycles. The van der Waals surface area contributed by atoms with Crippen LogP contribution in [0.2, 0.25) is 0 Å². The van der Waals surface area contributed by atoms with Gasteiger partial charge in [-0.05, 0) is 44.4 Å². The Morgan fingerprint density at radius 2 is 2.14 bits per heavy atom. The number of hydrogen-bond donors (Lipinski definition) is 1. The molecule has 1 atom stereocenters. The zero-order chi connectivity index (χ0) is 19.8. The number of carbonyl (C=O) groups is 1. The Balaban J connectivity index is 1.74. The third-order valence-corrected chi connectivity index (χ3v) is 5.66. The summed E-state index contributed by atoms with van der Waals surface area (Å²) in [6.07, 6.45) is 1.92. The SMILES string of the molecule is CCn1ccc([C@@H](C)NC(=O)c2cc(-c3cccs3)nc3c2c(C)nn3C)n1. The van der Waals surface area contributed by atoms with E-state index in [2.05, 4.69) is 15.5 Å². The first kappa shape index (κ1) is 18.4. The minimum Gasteiger partial charge on any atom is -0.344 e. The molecule has 4 rings (SSSR count). The van der Waals surface area contributed by atoms with Crippen molar-refractivity contribution in [1.29, 1.82) is 0 Å². The second kappa shape index (κ2) is 7.20. The third-order valence-electron chi connectivity index (χ3n) is 4.76. The molecule has 0 bridgehead atoms. The number of nitrogens with zero attached hydrogens (tertiary/aromatic N) is 5. The van der Waals surface area contributed by atoms with E-state index >= 15 is 0 Å². The Labute approximate surface area is 167 Å². The van der Waals surface area contributed by atoms with E-state index in [-0.39, 0.29) is 11.9 Å². The lowest BCUT2D eigenvalue weighted by atomic mass is 10.1. The second-order valence-corrected chi connectivity index (χ2v) is 7.68. The molecule has 144 valence electrons. The van der Waals surface area contributed by atoms with Crippen molar-refractivity contribution in [2.45, 2.75) is 33.4 Å². The number of rotatable bonds is 5. The van der Waals surface area contributed by atoms with Crippen molar-refractivity contribution in [3.05, 3.63) is 52.8 Å². The van der Waals surface area contributed by atoms with Crippen LogP contribution in [-0.2, 0) is 13.6 Å². The topological polar surface area (TPSA) is 77.6 Å². The average Bonchev–Trinajstić information content (AvgIpc) is 3.42. The van der Waals surface area contributed by atoms with Gasteiger partial charge in [0, 0.05) is 19.8 Å². The molecule has 1 amide bonds. The Kier molecular flexibility index (Phi) is 4.72. The van der Waals surface area contributed by atoms with Gasteiger partial charge in [-0.3, -0.25) is 14.2 Å². The fourth-order valence-corrected chi connectivity index (χ4v) is 3.99. The van der Waals surface area contributed by atoms with Crippen molar-refractivity contribution in [1.82, 2.24) is 29.9 Å². The highest BCUT2D eigenvalue weighted by Gasteiger charge is 2.21. The number of aryl methyl sites for hydroxylation is 3. The van der Waals surface area contributed by atoms with Crippen molar-refractivity contribution < 1.29 is 4.79 Å².